The third-order valence-electron chi connectivity index (χ3n) is 4.94. The highest BCUT2D eigenvalue weighted by Crippen LogP contribution is 2.27. The van der Waals surface area contributed by atoms with Crippen LogP contribution in [0.1, 0.15) is 38.7 Å². The molecule has 2 rings (SSSR count). The van der Waals surface area contributed by atoms with Gasteiger partial charge in [0.25, 0.3) is 0 Å². The van der Waals surface area contributed by atoms with Crippen LogP contribution in [0.4, 0.5) is 0 Å². The second kappa shape index (κ2) is 7.39. The molecule has 0 spiro atoms. The Morgan fingerprint density at radius 1 is 1.24 bits per heavy atom. The van der Waals surface area contributed by atoms with Crippen molar-refractivity contribution in [3.8, 4) is 0 Å². The van der Waals surface area contributed by atoms with Crippen LogP contribution in [0.2, 0.25) is 0 Å². The number of hydrogen-bond acceptors (Lipinski definition) is 3. The molecule has 2 unspecified atom stereocenters. The molecule has 0 radical (unpaired) electrons. The SMILES string of the molecule is CC(C)C1CCCN(CC(O)(CN)c2ccccc2)CC1. The van der Waals surface area contributed by atoms with Crippen molar-refractivity contribution in [3.05, 3.63) is 35.9 Å². The fourth-order valence-corrected chi connectivity index (χ4v) is 3.40. The van der Waals surface area contributed by atoms with Crippen LogP contribution in [-0.2, 0) is 5.60 Å². The molecule has 1 heterocycles. The van der Waals surface area contributed by atoms with Crippen molar-refractivity contribution in [1.29, 1.82) is 0 Å². The number of nitrogens with two attached hydrogens (primary N) is 1. The van der Waals surface area contributed by atoms with E-state index in [2.05, 4.69) is 18.7 Å². The average molecular weight is 290 g/mol. The molecular formula is C18H30N2O. The maximum Gasteiger partial charge on any atom is 0.114 e. The van der Waals surface area contributed by atoms with Crippen LogP contribution < -0.4 is 5.73 Å². The van der Waals surface area contributed by atoms with Crippen LogP contribution in [0.15, 0.2) is 30.3 Å². The van der Waals surface area contributed by atoms with E-state index in [1.807, 2.05) is 30.3 Å². The third-order valence-corrected chi connectivity index (χ3v) is 4.94. The van der Waals surface area contributed by atoms with Gasteiger partial charge in [0, 0.05) is 13.1 Å². The maximum absolute atomic E-state index is 10.9. The summed E-state index contributed by atoms with van der Waals surface area (Å²) < 4.78 is 0. The van der Waals surface area contributed by atoms with E-state index in [9.17, 15) is 5.11 Å². The summed E-state index contributed by atoms with van der Waals surface area (Å²) in [6, 6.07) is 9.85. The second-order valence-corrected chi connectivity index (χ2v) is 6.81. The van der Waals surface area contributed by atoms with E-state index < -0.39 is 5.60 Å². The van der Waals surface area contributed by atoms with Crippen molar-refractivity contribution in [2.24, 2.45) is 17.6 Å². The summed E-state index contributed by atoms with van der Waals surface area (Å²) in [7, 11) is 0. The molecular weight excluding hydrogens is 260 g/mol. The Hall–Kier alpha value is -0.900. The molecule has 1 aromatic carbocycles. The molecule has 1 saturated heterocycles. The normalized spacial score (nSPS) is 23.8. The summed E-state index contributed by atoms with van der Waals surface area (Å²) in [6.07, 6.45) is 3.76. The Morgan fingerprint density at radius 3 is 2.57 bits per heavy atom. The van der Waals surface area contributed by atoms with Crippen LogP contribution in [0, 0.1) is 11.8 Å². The molecule has 0 aliphatic carbocycles. The van der Waals surface area contributed by atoms with Crippen molar-refractivity contribution >= 4 is 0 Å². The summed E-state index contributed by atoms with van der Waals surface area (Å²) in [4.78, 5) is 2.39. The molecule has 0 saturated carbocycles. The van der Waals surface area contributed by atoms with Gasteiger partial charge in [-0.1, -0.05) is 44.2 Å². The van der Waals surface area contributed by atoms with Gasteiger partial charge in [0.2, 0.25) is 0 Å². The van der Waals surface area contributed by atoms with E-state index >= 15 is 0 Å². The number of hydrogen-bond donors (Lipinski definition) is 2. The summed E-state index contributed by atoms with van der Waals surface area (Å²) in [5.41, 5.74) is 5.89. The lowest BCUT2D eigenvalue weighted by Gasteiger charge is -2.33. The average Bonchev–Trinajstić information content (AvgIpc) is 2.73. The quantitative estimate of drug-likeness (QED) is 0.876. The van der Waals surface area contributed by atoms with Gasteiger partial charge in [-0.15, -0.1) is 0 Å². The number of rotatable bonds is 5. The van der Waals surface area contributed by atoms with Gasteiger partial charge in [0.1, 0.15) is 5.60 Å². The Labute approximate surface area is 129 Å². The minimum atomic E-state index is -0.932. The Bertz CT molecular complexity index is 420. The fraction of sp³-hybridized carbons (Fsp3) is 0.667. The van der Waals surface area contributed by atoms with E-state index in [4.69, 9.17) is 5.73 Å². The van der Waals surface area contributed by atoms with E-state index in [0.29, 0.717) is 6.54 Å². The van der Waals surface area contributed by atoms with Crippen molar-refractivity contribution in [2.75, 3.05) is 26.2 Å². The molecule has 3 N–H and O–H groups in total. The van der Waals surface area contributed by atoms with Crippen molar-refractivity contribution in [1.82, 2.24) is 4.90 Å². The van der Waals surface area contributed by atoms with Crippen LogP contribution in [0.5, 0.6) is 0 Å². The number of aliphatic hydroxyl groups is 1. The molecule has 1 aliphatic heterocycles. The molecule has 0 aromatic heterocycles. The molecule has 0 bridgehead atoms. The zero-order valence-electron chi connectivity index (χ0n) is 13.5. The number of nitrogens with zero attached hydrogens (tertiary/aromatic N) is 1. The van der Waals surface area contributed by atoms with Gasteiger partial charge in [-0.25, -0.2) is 0 Å². The standard InChI is InChI=1S/C18H30N2O/c1-15(2)16-7-6-11-20(12-10-16)14-18(21,13-19)17-8-4-3-5-9-17/h3-5,8-9,15-16,21H,6-7,10-14,19H2,1-2H3. The van der Waals surface area contributed by atoms with Crippen molar-refractivity contribution < 1.29 is 5.11 Å². The van der Waals surface area contributed by atoms with Gasteiger partial charge in [0.05, 0.1) is 0 Å². The van der Waals surface area contributed by atoms with Crippen molar-refractivity contribution in [3.63, 3.8) is 0 Å². The summed E-state index contributed by atoms with van der Waals surface area (Å²) in [5, 5.41) is 10.9. The van der Waals surface area contributed by atoms with E-state index in [1.54, 1.807) is 0 Å². The number of β-amino-alcohol motifs (C(OH)–C–C–N with tert-alkyl or cyclic N) is 1. The highest BCUT2D eigenvalue weighted by molar-refractivity contribution is 5.23. The number of benzene rings is 1. The first kappa shape index (κ1) is 16.5. The van der Waals surface area contributed by atoms with Crippen LogP contribution >= 0.6 is 0 Å². The molecule has 0 amide bonds. The molecule has 118 valence electrons. The van der Waals surface area contributed by atoms with Crippen LogP contribution in [-0.4, -0.2) is 36.2 Å². The van der Waals surface area contributed by atoms with E-state index in [1.165, 1.54) is 19.3 Å². The lowest BCUT2D eigenvalue weighted by molar-refractivity contribution is 0.00729. The van der Waals surface area contributed by atoms with Crippen LogP contribution in [0.3, 0.4) is 0 Å². The van der Waals surface area contributed by atoms with Gasteiger partial charge >= 0.3 is 0 Å². The van der Waals surface area contributed by atoms with E-state index in [0.717, 1.165) is 30.5 Å². The molecule has 1 aliphatic rings. The maximum atomic E-state index is 10.9. The highest BCUT2D eigenvalue weighted by Gasteiger charge is 2.31. The van der Waals surface area contributed by atoms with Gasteiger partial charge in [0.15, 0.2) is 0 Å². The first-order valence-electron chi connectivity index (χ1n) is 8.25. The zero-order chi connectivity index (χ0) is 15.3. The topological polar surface area (TPSA) is 49.5 Å². The van der Waals surface area contributed by atoms with Gasteiger partial charge in [-0.05, 0) is 49.8 Å². The highest BCUT2D eigenvalue weighted by atomic mass is 16.3. The third kappa shape index (κ3) is 4.29. The first-order chi connectivity index (χ1) is 10.0. The molecule has 2 atom stereocenters. The predicted molar refractivity (Wildman–Crippen MR) is 88.0 cm³/mol. The minimum absolute atomic E-state index is 0.265. The lowest BCUT2D eigenvalue weighted by Crippen LogP contribution is -2.46. The molecule has 3 heteroatoms. The van der Waals surface area contributed by atoms with Crippen molar-refractivity contribution in [2.45, 2.75) is 38.7 Å². The van der Waals surface area contributed by atoms with Gasteiger partial charge in [-0.2, -0.15) is 0 Å². The Kier molecular flexibility index (Phi) is 5.80. The number of likely N-dealkylation sites (tertiary alicyclic amines) is 1. The van der Waals surface area contributed by atoms with Gasteiger partial charge in [-0.3, -0.25) is 0 Å². The monoisotopic (exact) mass is 290 g/mol. The summed E-state index contributed by atoms with van der Waals surface area (Å²) in [5.74, 6) is 1.57. The van der Waals surface area contributed by atoms with Crippen LogP contribution in [0.25, 0.3) is 0 Å². The molecule has 3 nitrogen and oxygen atoms in total. The largest absolute Gasteiger partial charge is 0.382 e. The predicted octanol–water partition coefficient (Wildman–Crippen LogP) is 2.59. The molecule has 1 fully saturated rings. The summed E-state index contributed by atoms with van der Waals surface area (Å²) in [6.45, 7) is 7.68. The Balaban J connectivity index is 2.02. The smallest absolute Gasteiger partial charge is 0.114 e. The minimum Gasteiger partial charge on any atom is -0.382 e. The lowest BCUT2D eigenvalue weighted by atomic mass is 9.89. The molecule has 1 aromatic rings. The Morgan fingerprint density at radius 2 is 1.95 bits per heavy atom. The fourth-order valence-electron chi connectivity index (χ4n) is 3.40. The summed E-state index contributed by atoms with van der Waals surface area (Å²) >= 11 is 0. The van der Waals surface area contributed by atoms with E-state index in [-0.39, 0.29) is 6.54 Å². The molecule has 21 heavy (non-hydrogen) atoms. The zero-order valence-corrected chi connectivity index (χ0v) is 13.5. The van der Waals surface area contributed by atoms with Gasteiger partial charge < -0.3 is 15.7 Å². The second-order valence-electron chi connectivity index (χ2n) is 6.81. The first-order valence-corrected chi connectivity index (χ1v) is 8.25.